The lowest BCUT2D eigenvalue weighted by atomic mass is 10.2. The third kappa shape index (κ3) is 8.31. The summed E-state index contributed by atoms with van der Waals surface area (Å²) in [4.78, 5) is 38.0. The van der Waals surface area contributed by atoms with Gasteiger partial charge >= 0.3 is 19.6 Å². The number of aliphatic hydroxyl groups excluding tert-OH is 1. The van der Waals surface area contributed by atoms with Gasteiger partial charge < -0.3 is 29.6 Å². The highest BCUT2D eigenvalue weighted by Gasteiger charge is 2.39. The number of ether oxygens (including phenoxy) is 3. The lowest BCUT2D eigenvalue weighted by Gasteiger charge is -2.27. The number of esters is 2. The summed E-state index contributed by atoms with van der Waals surface area (Å²) in [5, 5.41) is 16.1. The second-order valence-corrected chi connectivity index (χ2v) is 12.6. The Hall–Kier alpha value is -4.24. The van der Waals surface area contributed by atoms with Crippen molar-refractivity contribution in [1.82, 2.24) is 29.7 Å². The topological polar surface area (TPSA) is 202 Å². The molecule has 4 aromatic rings. The third-order valence-corrected chi connectivity index (χ3v) is 9.12. The summed E-state index contributed by atoms with van der Waals surface area (Å²) in [6.45, 7) is 2.69. The molecule has 1 aliphatic rings. The molecule has 1 saturated heterocycles. The van der Waals surface area contributed by atoms with Crippen LogP contribution < -0.4 is 15.9 Å². The first kappa shape index (κ1) is 33.1. The summed E-state index contributed by atoms with van der Waals surface area (Å²) < 4.78 is 38.3. The second-order valence-electron chi connectivity index (χ2n) is 10.8. The summed E-state index contributed by atoms with van der Waals surface area (Å²) in [6.07, 6.45) is 0.242. The van der Waals surface area contributed by atoms with E-state index in [4.69, 9.17) is 24.5 Å². The van der Waals surface area contributed by atoms with Crippen molar-refractivity contribution in [2.75, 3.05) is 12.3 Å². The Morgan fingerprint density at radius 1 is 0.978 bits per heavy atom. The Balaban J connectivity index is 1.24. The van der Waals surface area contributed by atoms with E-state index >= 15 is 0 Å². The number of rotatable bonds is 14. The van der Waals surface area contributed by atoms with E-state index in [9.17, 15) is 19.3 Å². The fourth-order valence-electron chi connectivity index (χ4n) is 4.77. The fourth-order valence-corrected chi connectivity index (χ4v) is 6.60. The molecule has 5 atom stereocenters. The van der Waals surface area contributed by atoms with Crippen molar-refractivity contribution >= 4 is 36.6 Å². The summed E-state index contributed by atoms with van der Waals surface area (Å²) >= 11 is 0. The highest BCUT2D eigenvalue weighted by Crippen LogP contribution is 2.41. The molecule has 16 heteroatoms. The number of nitrogens with zero attached hydrogens (tertiary/aromatic N) is 4. The summed E-state index contributed by atoms with van der Waals surface area (Å²) in [6, 6.07) is 16.0. The van der Waals surface area contributed by atoms with Crippen LogP contribution in [0.2, 0.25) is 0 Å². The van der Waals surface area contributed by atoms with E-state index in [1.807, 2.05) is 36.4 Å². The molecule has 0 bridgehead atoms. The number of carbonyl (C=O) groups is 2. The van der Waals surface area contributed by atoms with Crippen LogP contribution in [0.25, 0.3) is 11.2 Å². The largest absolute Gasteiger partial charge is 0.460 e. The van der Waals surface area contributed by atoms with Crippen molar-refractivity contribution < 1.29 is 38.0 Å². The highest BCUT2D eigenvalue weighted by molar-refractivity contribution is 7.54. The van der Waals surface area contributed by atoms with Gasteiger partial charge in [0.15, 0.2) is 17.7 Å². The number of imidazole rings is 1. The maximum atomic E-state index is 14.1. The second kappa shape index (κ2) is 14.9. The Bertz CT molecular complexity index is 1610. The predicted octanol–water partition coefficient (Wildman–Crippen LogP) is 2.62. The van der Waals surface area contributed by atoms with Crippen LogP contribution in [-0.2, 0) is 46.1 Å². The highest BCUT2D eigenvalue weighted by atomic mass is 31.2. The number of aromatic nitrogens is 4. The Kier molecular flexibility index (Phi) is 10.7. The average Bonchev–Trinajstić information content (AvgIpc) is 3.66. The molecule has 0 amide bonds. The van der Waals surface area contributed by atoms with E-state index in [-0.39, 0.29) is 32.1 Å². The smallest absolute Gasteiger partial charge is 0.342 e. The molecule has 244 valence electrons. The van der Waals surface area contributed by atoms with Crippen LogP contribution in [0.3, 0.4) is 0 Å². The third-order valence-electron chi connectivity index (χ3n) is 7.15. The van der Waals surface area contributed by atoms with E-state index in [1.165, 1.54) is 31.1 Å². The van der Waals surface area contributed by atoms with Gasteiger partial charge in [0.2, 0.25) is 0 Å². The van der Waals surface area contributed by atoms with Crippen LogP contribution in [0.1, 0.15) is 37.6 Å². The van der Waals surface area contributed by atoms with Crippen LogP contribution in [0.4, 0.5) is 5.82 Å². The van der Waals surface area contributed by atoms with Crippen LogP contribution in [0.15, 0.2) is 73.3 Å². The normalized spacial score (nSPS) is 19.5. The number of aliphatic hydroxyl groups is 1. The zero-order valence-electron chi connectivity index (χ0n) is 25.3. The fraction of sp³-hybridized carbons (Fsp3) is 0.367. The molecular formula is C30H36N7O8P. The molecule has 46 heavy (non-hydrogen) atoms. The summed E-state index contributed by atoms with van der Waals surface area (Å²) in [5.74, 6) is -1.19. The van der Waals surface area contributed by atoms with E-state index in [0.717, 1.165) is 11.1 Å². The molecular weight excluding hydrogens is 617 g/mol. The SMILES string of the molecule is C[C@H](NP(=O)(N[C@@H](C)C(=O)OCc1ccccc1)OC[C@@H]1CC(O)[C@H](n2cnc3c(N)ncnc32)O1)C(=O)OCc1ccccc1. The molecule has 1 fully saturated rings. The van der Waals surface area contributed by atoms with Gasteiger partial charge in [-0.2, -0.15) is 0 Å². The monoisotopic (exact) mass is 653 g/mol. The van der Waals surface area contributed by atoms with Crippen LogP contribution in [0.5, 0.6) is 0 Å². The number of carbonyl (C=O) groups excluding carboxylic acids is 2. The summed E-state index contributed by atoms with van der Waals surface area (Å²) in [5.41, 5.74) is 8.17. The molecule has 3 heterocycles. The van der Waals surface area contributed by atoms with Crippen LogP contribution in [-0.4, -0.2) is 67.5 Å². The molecule has 2 aromatic heterocycles. The molecule has 15 nitrogen and oxygen atoms in total. The van der Waals surface area contributed by atoms with Gasteiger partial charge in [-0.15, -0.1) is 0 Å². The number of anilines is 1. The van der Waals surface area contributed by atoms with Gasteiger partial charge in [-0.25, -0.2) is 25.1 Å². The molecule has 0 aliphatic carbocycles. The summed E-state index contributed by atoms with van der Waals surface area (Å²) in [7, 11) is -4.15. The zero-order chi connectivity index (χ0) is 32.7. The molecule has 5 N–H and O–H groups in total. The van der Waals surface area contributed by atoms with E-state index < -0.39 is 50.1 Å². The molecule has 0 radical (unpaired) electrons. The number of hydrogen-bond donors (Lipinski definition) is 4. The molecule has 1 unspecified atom stereocenters. The standard InChI is InChI=1S/C30H36N7O8P/c1-19(29(39)42-14-21-9-5-3-6-10-21)35-46(41,36-20(2)30(40)43-15-22-11-7-4-8-12-22)44-16-23-13-24(38)28(45-23)37-18-34-25-26(31)32-17-33-27(25)37/h3-12,17-20,23-24,28,38H,13-16H2,1-2H3,(H2,31,32,33)(H2,35,36,41)/t19-,20-,23-,24?,28+/m0/s1. The lowest BCUT2D eigenvalue weighted by molar-refractivity contribution is -0.147. The molecule has 1 aliphatic heterocycles. The molecule has 0 saturated carbocycles. The van der Waals surface area contributed by atoms with Gasteiger partial charge in [0.25, 0.3) is 0 Å². The number of nitrogens with one attached hydrogen (secondary N) is 2. The first-order valence-corrected chi connectivity index (χ1v) is 16.2. The van der Waals surface area contributed by atoms with Crippen molar-refractivity contribution in [3.8, 4) is 0 Å². The first-order chi connectivity index (χ1) is 22.1. The quantitative estimate of drug-likeness (QED) is 0.114. The Morgan fingerprint density at radius 3 is 2.11 bits per heavy atom. The van der Waals surface area contributed by atoms with Crippen molar-refractivity contribution in [3.63, 3.8) is 0 Å². The van der Waals surface area contributed by atoms with Gasteiger partial charge in [0.05, 0.1) is 19.0 Å². The number of hydrogen-bond acceptors (Lipinski definition) is 12. The van der Waals surface area contributed by atoms with Crippen LogP contribution in [0, 0.1) is 0 Å². The van der Waals surface area contributed by atoms with Crippen molar-refractivity contribution in [2.45, 2.75) is 64.0 Å². The number of benzene rings is 2. The molecule has 0 spiro atoms. The zero-order valence-corrected chi connectivity index (χ0v) is 26.2. The Morgan fingerprint density at radius 2 is 1.54 bits per heavy atom. The Labute approximate surface area is 265 Å². The first-order valence-electron chi connectivity index (χ1n) is 14.6. The lowest BCUT2D eigenvalue weighted by Crippen LogP contribution is -2.42. The number of nitrogens with two attached hydrogens (primary N) is 1. The minimum Gasteiger partial charge on any atom is -0.460 e. The average molecular weight is 654 g/mol. The van der Waals surface area contributed by atoms with Gasteiger partial charge in [-0.1, -0.05) is 60.7 Å². The maximum Gasteiger partial charge on any atom is 0.342 e. The maximum absolute atomic E-state index is 14.1. The molecule has 2 aromatic carbocycles. The van der Waals surface area contributed by atoms with Gasteiger partial charge in [-0.3, -0.25) is 18.7 Å². The number of nitrogen functional groups attached to an aromatic ring is 1. The van der Waals surface area contributed by atoms with E-state index in [2.05, 4.69) is 25.1 Å². The van der Waals surface area contributed by atoms with Crippen molar-refractivity contribution in [1.29, 1.82) is 0 Å². The van der Waals surface area contributed by atoms with Gasteiger partial charge in [0, 0.05) is 6.42 Å². The molecule has 5 rings (SSSR count). The van der Waals surface area contributed by atoms with Gasteiger partial charge in [0.1, 0.15) is 43.2 Å². The van der Waals surface area contributed by atoms with Gasteiger partial charge in [-0.05, 0) is 25.0 Å². The predicted molar refractivity (Wildman–Crippen MR) is 165 cm³/mol. The van der Waals surface area contributed by atoms with E-state index in [0.29, 0.717) is 11.2 Å². The van der Waals surface area contributed by atoms with Crippen molar-refractivity contribution in [3.05, 3.63) is 84.4 Å². The number of fused-ring (bicyclic) bond motifs is 1. The van der Waals surface area contributed by atoms with Crippen molar-refractivity contribution in [2.24, 2.45) is 0 Å². The minimum atomic E-state index is -4.15. The van der Waals surface area contributed by atoms with Crippen LogP contribution >= 0.6 is 7.67 Å². The van der Waals surface area contributed by atoms with E-state index in [1.54, 1.807) is 24.3 Å². The minimum absolute atomic E-state index is 0.0151.